The molecular weight excluding hydrogens is 568 g/mol. The zero-order valence-corrected chi connectivity index (χ0v) is 23.5. The lowest BCUT2D eigenvalue weighted by atomic mass is 10.0. The van der Waals surface area contributed by atoms with Gasteiger partial charge in [0.15, 0.2) is 10.3 Å². The first-order valence-corrected chi connectivity index (χ1v) is 14.7. The second-order valence-electron chi connectivity index (χ2n) is 8.39. The van der Waals surface area contributed by atoms with Crippen LogP contribution in [0.5, 0.6) is 0 Å². The summed E-state index contributed by atoms with van der Waals surface area (Å²) in [6, 6.07) is -0.973. The van der Waals surface area contributed by atoms with E-state index in [9.17, 15) is 19.5 Å². The van der Waals surface area contributed by atoms with Crippen LogP contribution in [0.15, 0.2) is 33.3 Å². The van der Waals surface area contributed by atoms with Crippen LogP contribution in [-0.2, 0) is 19.2 Å². The number of hydrogen-bond acceptors (Lipinski definition) is 15. The van der Waals surface area contributed by atoms with Gasteiger partial charge in [0, 0.05) is 29.6 Å². The number of nitrogens with two attached hydrogens (primary N) is 3. The number of nitrogens with zero attached hydrogens (tertiary/aromatic N) is 6. The Hall–Kier alpha value is -3.35. The second-order valence-corrected chi connectivity index (χ2v) is 11.2. The minimum absolute atomic E-state index is 0.0354. The monoisotopic (exact) mass is 596 g/mol. The number of rotatable bonds is 10. The van der Waals surface area contributed by atoms with Crippen molar-refractivity contribution in [2.24, 2.45) is 21.6 Å². The number of aliphatic carboxylic acids is 1. The Labute approximate surface area is 236 Å². The molecule has 4 heterocycles. The third-order valence-electron chi connectivity index (χ3n) is 5.70. The average Bonchev–Trinajstić information content (AvgIpc) is 3.32. The van der Waals surface area contributed by atoms with Crippen LogP contribution in [0, 0.1) is 0 Å². The summed E-state index contributed by atoms with van der Waals surface area (Å²) in [6.07, 6.45) is 2.05. The smallest absolute Gasteiger partial charge is 0.352 e. The fraction of sp³-hybridized carbons (Fsp3) is 0.476. The second kappa shape index (κ2) is 12.2. The van der Waals surface area contributed by atoms with Gasteiger partial charge in [0.1, 0.15) is 35.7 Å². The first kappa shape index (κ1) is 28.7. The predicted molar refractivity (Wildman–Crippen MR) is 149 cm³/mol. The maximum atomic E-state index is 13.1. The summed E-state index contributed by atoms with van der Waals surface area (Å²) < 4.78 is 3.99. The number of anilines is 1. The molecule has 0 radical (unpaired) electrons. The Morgan fingerprint density at radius 3 is 2.77 bits per heavy atom. The highest BCUT2D eigenvalue weighted by atomic mass is 32.2. The molecule has 1 saturated heterocycles. The number of thioether (sulfide) groups is 2. The van der Waals surface area contributed by atoms with Crippen LogP contribution in [0.2, 0.25) is 0 Å². The normalized spacial score (nSPS) is 23.1. The van der Waals surface area contributed by atoms with Crippen molar-refractivity contribution >= 4 is 68.9 Å². The molecule has 3 atom stereocenters. The van der Waals surface area contributed by atoms with E-state index in [1.807, 2.05) is 11.8 Å². The van der Waals surface area contributed by atoms with E-state index in [2.05, 4.69) is 24.8 Å². The van der Waals surface area contributed by atoms with E-state index in [0.29, 0.717) is 28.9 Å². The molecule has 0 bridgehead atoms. The molecule has 15 nitrogen and oxygen atoms in total. The summed E-state index contributed by atoms with van der Waals surface area (Å²) in [5.41, 5.74) is 17.9. The third-order valence-corrected chi connectivity index (χ3v) is 8.66. The van der Waals surface area contributed by atoms with E-state index in [1.165, 1.54) is 28.4 Å². The molecule has 0 aromatic carbocycles. The predicted octanol–water partition coefficient (Wildman–Crippen LogP) is -0.501. The van der Waals surface area contributed by atoms with Crippen molar-refractivity contribution < 1.29 is 24.3 Å². The number of hydrogen-bond donors (Lipinski definition) is 5. The molecule has 39 heavy (non-hydrogen) atoms. The molecule has 3 aliphatic heterocycles. The number of carboxylic acids is 1. The molecule has 2 unspecified atom stereocenters. The first-order chi connectivity index (χ1) is 18.7. The average molecular weight is 597 g/mol. The maximum Gasteiger partial charge on any atom is 0.352 e. The standard InChI is InChI=1S/C21H28N10O5S3/c1-3-5-30-11(23)6-10(22)25-21(30)38-8-9-7-37-18-13(17(33)31(18)14(9)19(34)35)26-16(32)12(28-36-4-2)15-27-20(24)39-29-15/h6,11,13,18H,3-5,7-8,22-23H2,1-2H3,(H,26,32)(H,34,35)(H2,24,27,29)/b28-12-/t11?,13?,18-/m0/s1. The maximum absolute atomic E-state index is 13.1. The number of nitrogen functional groups attached to an aromatic ring is 1. The number of β-lactam (4-membered cyclic amide) rings is 1. The molecule has 210 valence electrons. The van der Waals surface area contributed by atoms with E-state index in [0.717, 1.165) is 18.0 Å². The van der Waals surface area contributed by atoms with E-state index >= 15 is 0 Å². The number of carbonyl (C=O) groups excluding carboxylic acids is 2. The Morgan fingerprint density at radius 2 is 2.13 bits per heavy atom. The molecule has 3 aliphatic rings. The number of amidine groups is 1. The van der Waals surface area contributed by atoms with Crippen LogP contribution in [-0.4, -0.2) is 95.2 Å². The van der Waals surface area contributed by atoms with Crippen LogP contribution < -0.4 is 22.5 Å². The van der Waals surface area contributed by atoms with E-state index in [-0.39, 0.29) is 34.7 Å². The van der Waals surface area contributed by atoms with Gasteiger partial charge in [0.05, 0.1) is 0 Å². The van der Waals surface area contributed by atoms with Crippen molar-refractivity contribution in [2.75, 3.05) is 30.4 Å². The molecule has 0 spiro atoms. The van der Waals surface area contributed by atoms with Crippen LogP contribution in [0.3, 0.4) is 0 Å². The number of aromatic nitrogens is 2. The number of fused-ring (bicyclic) bond motifs is 1. The van der Waals surface area contributed by atoms with Gasteiger partial charge in [0.25, 0.3) is 11.8 Å². The van der Waals surface area contributed by atoms with Gasteiger partial charge in [-0.15, -0.1) is 11.8 Å². The van der Waals surface area contributed by atoms with Crippen molar-refractivity contribution in [1.29, 1.82) is 0 Å². The Balaban J connectivity index is 1.49. The van der Waals surface area contributed by atoms with Crippen molar-refractivity contribution in [1.82, 2.24) is 24.5 Å². The van der Waals surface area contributed by atoms with Gasteiger partial charge in [-0.1, -0.05) is 23.8 Å². The van der Waals surface area contributed by atoms with Crippen molar-refractivity contribution in [3.05, 3.63) is 29.0 Å². The highest BCUT2D eigenvalue weighted by Crippen LogP contribution is 2.41. The molecule has 18 heteroatoms. The summed E-state index contributed by atoms with van der Waals surface area (Å²) in [4.78, 5) is 54.8. The number of aliphatic imine (C=N–C) groups is 1. The fourth-order valence-corrected chi connectivity index (χ4v) is 7.01. The Bertz CT molecular complexity index is 1280. The van der Waals surface area contributed by atoms with Gasteiger partial charge in [-0.2, -0.15) is 9.36 Å². The van der Waals surface area contributed by atoms with Gasteiger partial charge in [-0.25, -0.2) is 9.79 Å². The summed E-state index contributed by atoms with van der Waals surface area (Å²) in [7, 11) is 0. The lowest BCUT2D eigenvalue weighted by Gasteiger charge is -2.49. The molecule has 0 aliphatic carbocycles. The first-order valence-electron chi connectivity index (χ1n) is 11.9. The van der Waals surface area contributed by atoms with E-state index in [4.69, 9.17) is 22.0 Å². The van der Waals surface area contributed by atoms with Gasteiger partial charge in [-0.3, -0.25) is 14.5 Å². The summed E-state index contributed by atoms with van der Waals surface area (Å²) in [5.74, 6) is -1.67. The number of nitrogens with one attached hydrogen (secondary N) is 1. The lowest BCUT2D eigenvalue weighted by molar-refractivity contribution is -0.150. The SMILES string of the molecule is CCCN1C(SCC2=C(C(=O)O)N3C(=O)C(NC(=O)/C(=N\OCC)c4nsc(N)n4)[C@@H]3SC2)=NC(N)=CC1N. The van der Waals surface area contributed by atoms with Crippen LogP contribution >= 0.6 is 35.1 Å². The summed E-state index contributed by atoms with van der Waals surface area (Å²) in [5, 5.41) is 16.5. The molecular formula is C21H28N10O5S3. The van der Waals surface area contributed by atoms with Crippen molar-refractivity contribution in [2.45, 2.75) is 37.8 Å². The third kappa shape index (κ3) is 5.97. The Morgan fingerprint density at radius 1 is 1.36 bits per heavy atom. The van der Waals surface area contributed by atoms with E-state index < -0.39 is 35.4 Å². The molecule has 1 aromatic heterocycles. The molecule has 1 aromatic rings. The molecule has 0 saturated carbocycles. The van der Waals surface area contributed by atoms with E-state index in [1.54, 1.807) is 13.0 Å². The van der Waals surface area contributed by atoms with Crippen LogP contribution in [0.1, 0.15) is 26.1 Å². The van der Waals surface area contributed by atoms with Gasteiger partial charge in [-0.05, 0) is 25.0 Å². The van der Waals surface area contributed by atoms with Crippen molar-refractivity contribution in [3.8, 4) is 0 Å². The molecule has 2 amide bonds. The lowest BCUT2D eigenvalue weighted by Crippen LogP contribution is -2.71. The van der Waals surface area contributed by atoms with Gasteiger partial charge < -0.3 is 37.4 Å². The fourth-order valence-electron chi connectivity index (χ4n) is 4.01. The van der Waals surface area contributed by atoms with Gasteiger partial charge in [0.2, 0.25) is 11.5 Å². The summed E-state index contributed by atoms with van der Waals surface area (Å²) >= 11 is 3.54. The molecule has 1 fully saturated rings. The van der Waals surface area contributed by atoms with Crippen molar-refractivity contribution in [3.63, 3.8) is 0 Å². The minimum Gasteiger partial charge on any atom is -0.477 e. The Kier molecular flexibility index (Phi) is 8.98. The minimum atomic E-state index is -1.23. The van der Waals surface area contributed by atoms with Crippen LogP contribution in [0.4, 0.5) is 5.13 Å². The topological polar surface area (TPSA) is 228 Å². The number of carboxylic acid groups (broad SMARTS) is 1. The highest BCUT2D eigenvalue weighted by Gasteiger charge is 2.54. The number of amides is 2. The zero-order chi connectivity index (χ0) is 28.3. The molecule has 4 rings (SSSR count). The number of oxime groups is 1. The zero-order valence-electron chi connectivity index (χ0n) is 21.1. The van der Waals surface area contributed by atoms with Crippen LogP contribution in [0.25, 0.3) is 0 Å². The highest BCUT2D eigenvalue weighted by molar-refractivity contribution is 8.14. The molecule has 8 N–H and O–H groups in total. The summed E-state index contributed by atoms with van der Waals surface area (Å²) in [6.45, 7) is 4.54. The largest absolute Gasteiger partial charge is 0.477 e. The quantitative estimate of drug-likeness (QED) is 0.130. The number of carbonyl (C=O) groups is 3. The van der Waals surface area contributed by atoms with Gasteiger partial charge >= 0.3 is 5.97 Å².